The summed E-state index contributed by atoms with van der Waals surface area (Å²) < 4.78 is 1.27. The molecule has 294 valence electrons. The molecule has 0 aromatic rings. The monoisotopic (exact) mass is 697 g/mol. The normalized spacial score (nSPS) is 34.4. The highest BCUT2D eigenvalue weighted by molar-refractivity contribution is 5.12. The van der Waals surface area contributed by atoms with Gasteiger partial charge in [0.2, 0.25) is 0 Å². The second-order valence-corrected chi connectivity index (χ2v) is 21.7. The maximum Gasteiger partial charge on any atom is 0.0940 e. The summed E-state index contributed by atoms with van der Waals surface area (Å²) in [5, 5.41) is 0. The highest BCUT2D eigenvalue weighted by Gasteiger charge is 2.65. The van der Waals surface area contributed by atoms with Crippen LogP contribution in [0.4, 0.5) is 0 Å². The largest absolute Gasteiger partial charge is 0.326 e. The first-order chi connectivity index (χ1) is 23.8. The number of nitrogens with zero attached hydrogens (tertiary/aromatic N) is 1. The molecule has 0 N–H and O–H groups in total. The van der Waals surface area contributed by atoms with Gasteiger partial charge in [0.1, 0.15) is 0 Å². The molecule has 9 unspecified atom stereocenters. The van der Waals surface area contributed by atoms with Gasteiger partial charge in [-0.25, -0.2) is 0 Å². The Bertz CT molecular complexity index is 947. The molecule has 1 nitrogen and oxygen atoms in total. The minimum Gasteiger partial charge on any atom is -0.326 e. The summed E-state index contributed by atoms with van der Waals surface area (Å²) >= 11 is 0. The van der Waals surface area contributed by atoms with Gasteiger partial charge in [0.15, 0.2) is 0 Å². The fraction of sp³-hybridized carbons (Fsp3) is 1.00. The Labute approximate surface area is 316 Å². The molecule has 0 aromatic heterocycles. The van der Waals surface area contributed by atoms with E-state index < -0.39 is 0 Å². The summed E-state index contributed by atoms with van der Waals surface area (Å²) in [6.45, 7) is 22.3. The molecule has 0 heterocycles. The van der Waals surface area contributed by atoms with Crippen molar-refractivity contribution in [3.8, 4) is 0 Å². The van der Waals surface area contributed by atoms with E-state index in [0.717, 1.165) is 47.5 Å². The number of fused-ring (bicyclic) bond motifs is 5. The average molecular weight is 697 g/mol. The van der Waals surface area contributed by atoms with Gasteiger partial charge >= 0.3 is 0 Å². The van der Waals surface area contributed by atoms with Crippen LogP contribution in [0.3, 0.4) is 0 Å². The van der Waals surface area contributed by atoms with Crippen molar-refractivity contribution in [2.75, 3.05) is 20.6 Å². The molecule has 0 aromatic carbocycles. The third kappa shape index (κ3) is 10.4. The average Bonchev–Trinajstić information content (AvgIpc) is 3.41. The van der Waals surface area contributed by atoms with E-state index in [0.29, 0.717) is 16.2 Å². The van der Waals surface area contributed by atoms with Gasteiger partial charge < -0.3 is 4.48 Å². The summed E-state index contributed by atoms with van der Waals surface area (Å²) in [7, 11) is 5.25. The second-order valence-electron chi connectivity index (χ2n) is 21.7. The molecule has 0 saturated heterocycles. The van der Waals surface area contributed by atoms with Crippen LogP contribution in [-0.4, -0.2) is 31.2 Å². The molecule has 1 heteroatoms. The summed E-state index contributed by atoms with van der Waals surface area (Å²) in [6.07, 6.45) is 40.0. The van der Waals surface area contributed by atoms with Crippen LogP contribution in [0.25, 0.3) is 0 Å². The highest BCUT2D eigenvalue weighted by atomic mass is 15.3. The number of unbranched alkanes of at least 4 members (excludes halogenated alkanes) is 15. The third-order valence-electron chi connectivity index (χ3n) is 17.2. The Morgan fingerprint density at radius 3 is 1.62 bits per heavy atom. The molecule has 9 atom stereocenters. The van der Waals surface area contributed by atoms with Gasteiger partial charge in [-0.05, 0) is 110 Å². The SMILES string of the molecule is CCCCCCCCCCCCCCCCCC[N+](C)(C)C1CCC2(C)C3CCC4(C)C(C(C)CCCC(C)C)CCC4C3CCC2C1(C)C. The fourth-order valence-electron chi connectivity index (χ4n) is 14.6. The lowest BCUT2D eigenvalue weighted by Crippen LogP contribution is -2.65. The van der Waals surface area contributed by atoms with E-state index in [1.807, 2.05) is 0 Å². The van der Waals surface area contributed by atoms with Crippen molar-refractivity contribution in [1.82, 2.24) is 0 Å². The molecule has 0 amide bonds. The fourth-order valence-corrected chi connectivity index (χ4v) is 14.6. The topological polar surface area (TPSA) is 0 Å². The van der Waals surface area contributed by atoms with E-state index >= 15 is 0 Å². The van der Waals surface area contributed by atoms with Gasteiger partial charge in [-0.1, -0.05) is 165 Å². The van der Waals surface area contributed by atoms with Gasteiger partial charge in [-0.2, -0.15) is 0 Å². The lowest BCUT2D eigenvalue weighted by Gasteiger charge is -2.66. The van der Waals surface area contributed by atoms with E-state index in [1.165, 1.54) is 172 Å². The number of quaternary nitrogens is 1. The Kier molecular flexibility index (Phi) is 16.7. The number of hydrogen-bond donors (Lipinski definition) is 0. The van der Waals surface area contributed by atoms with Crippen LogP contribution in [0.5, 0.6) is 0 Å². The lowest BCUT2D eigenvalue weighted by molar-refractivity contribution is -0.925. The zero-order valence-corrected chi connectivity index (χ0v) is 36.4. The first-order valence-corrected chi connectivity index (χ1v) is 23.6. The molecule has 4 saturated carbocycles. The van der Waals surface area contributed by atoms with Crippen LogP contribution in [0, 0.1) is 57.7 Å². The van der Waals surface area contributed by atoms with Gasteiger partial charge in [-0.15, -0.1) is 0 Å². The standard InChI is InChI=1S/C49H94N/c1-11-12-13-14-15-16-17-18-19-20-21-22-23-24-25-26-38-50(9,10)46-35-37-49(8)44-34-36-48(7)42(40(4)29-27-28-39(2)3)31-32-43(48)41(44)30-33-45(49)47(46,5)6/h39-46H,11-38H2,1-10H3/q+1. The van der Waals surface area contributed by atoms with E-state index in [1.54, 1.807) is 12.8 Å². The second kappa shape index (κ2) is 19.5. The summed E-state index contributed by atoms with van der Waals surface area (Å²) in [4.78, 5) is 0. The molecule has 0 radical (unpaired) electrons. The van der Waals surface area contributed by atoms with E-state index in [9.17, 15) is 0 Å². The zero-order valence-electron chi connectivity index (χ0n) is 36.4. The minimum atomic E-state index is 0.445. The van der Waals surface area contributed by atoms with Crippen molar-refractivity contribution >= 4 is 0 Å². The molecule has 0 bridgehead atoms. The molecule has 4 aliphatic carbocycles. The summed E-state index contributed by atoms with van der Waals surface area (Å²) in [6, 6.07) is 0.824. The van der Waals surface area contributed by atoms with Gasteiger partial charge in [-0.3, -0.25) is 0 Å². The smallest absolute Gasteiger partial charge is 0.0940 e. The Morgan fingerprint density at radius 1 is 0.540 bits per heavy atom. The number of rotatable bonds is 23. The summed E-state index contributed by atoms with van der Waals surface area (Å²) in [5.41, 5.74) is 1.64. The van der Waals surface area contributed by atoms with Crippen LogP contribution < -0.4 is 0 Å². The Balaban J connectivity index is 1.18. The molecular formula is C49H94N+. The van der Waals surface area contributed by atoms with Crippen LogP contribution in [0.2, 0.25) is 0 Å². The first kappa shape index (κ1) is 42.7. The highest BCUT2D eigenvalue weighted by Crippen LogP contribution is 2.70. The third-order valence-corrected chi connectivity index (χ3v) is 17.2. The van der Waals surface area contributed by atoms with Crippen LogP contribution >= 0.6 is 0 Å². The molecule has 4 aliphatic rings. The quantitative estimate of drug-likeness (QED) is 0.0737. The van der Waals surface area contributed by atoms with Crippen molar-refractivity contribution < 1.29 is 4.48 Å². The molecule has 0 spiro atoms. The predicted octanol–water partition coefficient (Wildman–Crippen LogP) is 15.5. The predicted molar refractivity (Wildman–Crippen MR) is 223 cm³/mol. The van der Waals surface area contributed by atoms with Gasteiger partial charge in [0, 0.05) is 11.8 Å². The van der Waals surface area contributed by atoms with Crippen molar-refractivity contribution in [1.29, 1.82) is 0 Å². The van der Waals surface area contributed by atoms with Crippen molar-refractivity contribution in [3.63, 3.8) is 0 Å². The molecule has 4 fully saturated rings. The van der Waals surface area contributed by atoms with Gasteiger partial charge in [0.25, 0.3) is 0 Å². The Hall–Kier alpha value is -0.0400. The van der Waals surface area contributed by atoms with Crippen LogP contribution in [0.15, 0.2) is 0 Å². The van der Waals surface area contributed by atoms with E-state index in [4.69, 9.17) is 0 Å². The minimum absolute atomic E-state index is 0.445. The lowest BCUT2D eigenvalue weighted by atomic mass is 9.40. The van der Waals surface area contributed by atoms with Crippen LogP contribution in [-0.2, 0) is 0 Å². The maximum atomic E-state index is 2.83. The molecule has 0 aliphatic heterocycles. The zero-order chi connectivity index (χ0) is 36.4. The van der Waals surface area contributed by atoms with Crippen LogP contribution in [0.1, 0.15) is 229 Å². The van der Waals surface area contributed by atoms with Crippen molar-refractivity contribution in [2.24, 2.45) is 57.7 Å². The van der Waals surface area contributed by atoms with Crippen molar-refractivity contribution in [3.05, 3.63) is 0 Å². The molecule has 4 rings (SSSR count). The van der Waals surface area contributed by atoms with Gasteiger partial charge in [0.05, 0.1) is 26.7 Å². The summed E-state index contributed by atoms with van der Waals surface area (Å²) in [5.74, 6) is 6.71. The maximum absolute atomic E-state index is 2.83. The number of hydrogen-bond acceptors (Lipinski definition) is 0. The Morgan fingerprint density at radius 2 is 1.06 bits per heavy atom. The molecule has 50 heavy (non-hydrogen) atoms. The molecular weight excluding hydrogens is 603 g/mol. The first-order valence-electron chi connectivity index (χ1n) is 23.6. The van der Waals surface area contributed by atoms with E-state index in [2.05, 4.69) is 69.5 Å². The van der Waals surface area contributed by atoms with Crippen molar-refractivity contribution in [2.45, 2.75) is 235 Å². The van der Waals surface area contributed by atoms with E-state index in [-0.39, 0.29) is 0 Å².